The van der Waals surface area contributed by atoms with Crippen molar-refractivity contribution in [1.82, 2.24) is 4.98 Å². The summed E-state index contributed by atoms with van der Waals surface area (Å²) in [6.45, 7) is 0. The second kappa shape index (κ2) is 10.3. The lowest BCUT2D eigenvalue weighted by atomic mass is 9.99. The van der Waals surface area contributed by atoms with Crippen LogP contribution in [0, 0.1) is 0 Å². The third kappa shape index (κ3) is 4.02. The molecule has 0 fully saturated rings. The molecule has 0 bridgehead atoms. The fraction of sp³-hybridized carbons (Fsp3) is 0. The maximum Gasteiger partial charge on any atom is 0.137 e. The Morgan fingerprint density at radius 3 is 1.98 bits per heavy atom. The summed E-state index contributed by atoms with van der Waals surface area (Å²) in [7, 11) is 0. The maximum absolute atomic E-state index is 6.37. The van der Waals surface area contributed by atoms with E-state index in [1.54, 1.807) is 11.3 Å². The van der Waals surface area contributed by atoms with Gasteiger partial charge in [0.2, 0.25) is 0 Å². The highest BCUT2D eigenvalue weighted by atomic mass is 32.1. The second-order valence-electron chi connectivity index (χ2n) is 11.9. The molecule has 4 heteroatoms. The van der Waals surface area contributed by atoms with Crippen molar-refractivity contribution in [2.75, 3.05) is 4.90 Å². The Bertz CT molecular complexity index is 2590. The Labute approximate surface area is 275 Å². The third-order valence-electron chi connectivity index (χ3n) is 9.26. The Morgan fingerprint density at radius 2 is 1.15 bits per heavy atom. The van der Waals surface area contributed by atoms with Crippen LogP contribution in [-0.2, 0) is 0 Å². The molecule has 1 aliphatic carbocycles. The second-order valence-corrected chi connectivity index (χ2v) is 12.9. The summed E-state index contributed by atoms with van der Waals surface area (Å²) >= 11 is 1.78. The van der Waals surface area contributed by atoms with Crippen LogP contribution in [-0.4, -0.2) is 4.98 Å². The quantitative estimate of drug-likeness (QED) is 0.192. The van der Waals surface area contributed by atoms with Gasteiger partial charge in [-0.05, 0) is 47.5 Å². The van der Waals surface area contributed by atoms with E-state index in [1.807, 2.05) is 12.1 Å². The lowest BCUT2D eigenvalue weighted by molar-refractivity contribution is 0.669. The number of hydrogen-bond donors (Lipinski definition) is 0. The number of thiazole rings is 1. The molecule has 7 aromatic carbocycles. The highest BCUT2D eigenvalue weighted by Crippen LogP contribution is 2.54. The van der Waals surface area contributed by atoms with Crippen molar-refractivity contribution in [3.05, 3.63) is 158 Å². The van der Waals surface area contributed by atoms with E-state index in [4.69, 9.17) is 9.40 Å². The SMILES string of the molecule is c1ccc(-c2ccc(N(c3ccc4c5c(cccc35)-c3sc(-c5ccccc5)nc3-4)c3cccc4oc5ccccc5c34)cc2)cc1. The molecule has 9 aromatic rings. The van der Waals surface area contributed by atoms with E-state index >= 15 is 0 Å². The van der Waals surface area contributed by atoms with E-state index in [0.717, 1.165) is 55.3 Å². The molecule has 0 spiro atoms. The summed E-state index contributed by atoms with van der Waals surface area (Å²) in [5.41, 5.74) is 12.1. The molecular weight excluding hydrogens is 593 g/mol. The number of para-hydroxylation sites is 1. The van der Waals surface area contributed by atoms with Crippen LogP contribution in [0.3, 0.4) is 0 Å². The minimum absolute atomic E-state index is 0.875. The zero-order valence-corrected chi connectivity index (χ0v) is 26.0. The van der Waals surface area contributed by atoms with Crippen molar-refractivity contribution in [1.29, 1.82) is 0 Å². The molecule has 0 N–H and O–H groups in total. The zero-order valence-electron chi connectivity index (χ0n) is 25.2. The molecule has 0 unspecified atom stereocenters. The number of anilines is 3. The fourth-order valence-electron chi connectivity index (χ4n) is 7.15. The normalized spacial score (nSPS) is 11.8. The van der Waals surface area contributed by atoms with Gasteiger partial charge in [-0.15, -0.1) is 11.3 Å². The van der Waals surface area contributed by atoms with E-state index in [0.29, 0.717) is 0 Å². The van der Waals surface area contributed by atoms with Gasteiger partial charge in [-0.2, -0.15) is 0 Å². The number of furan rings is 1. The Hall–Kier alpha value is -5.97. The predicted molar refractivity (Wildman–Crippen MR) is 197 cm³/mol. The van der Waals surface area contributed by atoms with E-state index < -0.39 is 0 Å². The van der Waals surface area contributed by atoms with Gasteiger partial charge < -0.3 is 9.32 Å². The molecule has 2 aromatic heterocycles. The maximum atomic E-state index is 6.37. The van der Waals surface area contributed by atoms with Crippen LogP contribution in [0.2, 0.25) is 0 Å². The average molecular weight is 619 g/mol. The first-order chi connectivity index (χ1) is 23.3. The summed E-state index contributed by atoms with van der Waals surface area (Å²) in [6, 6.07) is 55.8. The van der Waals surface area contributed by atoms with Crippen LogP contribution >= 0.6 is 11.3 Å². The molecular formula is C43H26N2OS. The number of nitrogens with zero attached hydrogens (tertiary/aromatic N) is 2. The highest BCUT2D eigenvalue weighted by molar-refractivity contribution is 7.19. The van der Waals surface area contributed by atoms with Crippen molar-refractivity contribution < 1.29 is 4.42 Å². The standard InChI is InChI=1S/C43H26N2OS/c1-3-11-27(12-4-1)28-21-23-30(24-22-28)45(36-18-10-20-38-40(36)32-15-7-8-19-37(32)46-38)35-26-25-33-39-31(35)16-9-17-34(39)42-41(33)44-43(47-42)29-13-5-2-6-14-29/h1-26H. The smallest absolute Gasteiger partial charge is 0.137 e. The molecule has 0 radical (unpaired) electrons. The molecule has 10 rings (SSSR count). The molecule has 220 valence electrons. The monoisotopic (exact) mass is 618 g/mol. The molecule has 2 heterocycles. The largest absolute Gasteiger partial charge is 0.456 e. The Balaban J connectivity index is 1.20. The van der Waals surface area contributed by atoms with Crippen molar-refractivity contribution >= 4 is 61.1 Å². The molecule has 1 aliphatic rings. The molecule has 3 nitrogen and oxygen atoms in total. The minimum Gasteiger partial charge on any atom is -0.456 e. The van der Waals surface area contributed by atoms with Gasteiger partial charge in [-0.1, -0.05) is 121 Å². The molecule has 47 heavy (non-hydrogen) atoms. The molecule has 0 saturated heterocycles. The summed E-state index contributed by atoms with van der Waals surface area (Å²) < 4.78 is 6.37. The van der Waals surface area contributed by atoms with E-state index in [-0.39, 0.29) is 0 Å². The van der Waals surface area contributed by atoms with Gasteiger partial charge in [0.05, 0.1) is 27.3 Å². The van der Waals surface area contributed by atoms with Gasteiger partial charge in [0.25, 0.3) is 0 Å². The van der Waals surface area contributed by atoms with Gasteiger partial charge in [0, 0.05) is 38.5 Å². The van der Waals surface area contributed by atoms with Crippen LogP contribution in [0.25, 0.3) is 76.1 Å². The molecule has 0 saturated carbocycles. The van der Waals surface area contributed by atoms with Gasteiger partial charge in [0.1, 0.15) is 16.2 Å². The number of rotatable bonds is 5. The van der Waals surface area contributed by atoms with Crippen molar-refractivity contribution in [3.8, 4) is 43.4 Å². The van der Waals surface area contributed by atoms with Crippen molar-refractivity contribution in [2.45, 2.75) is 0 Å². The van der Waals surface area contributed by atoms with Crippen LogP contribution < -0.4 is 4.90 Å². The third-order valence-corrected chi connectivity index (χ3v) is 10.4. The fourth-order valence-corrected chi connectivity index (χ4v) is 8.26. The Morgan fingerprint density at radius 1 is 0.468 bits per heavy atom. The minimum atomic E-state index is 0.875. The van der Waals surface area contributed by atoms with Crippen LogP contribution in [0.1, 0.15) is 0 Å². The van der Waals surface area contributed by atoms with Gasteiger partial charge in [-0.25, -0.2) is 4.98 Å². The number of benzene rings is 7. The Kier molecular flexibility index (Phi) is 5.74. The highest BCUT2D eigenvalue weighted by Gasteiger charge is 2.29. The lowest BCUT2D eigenvalue weighted by Crippen LogP contribution is -2.11. The van der Waals surface area contributed by atoms with Gasteiger partial charge >= 0.3 is 0 Å². The van der Waals surface area contributed by atoms with E-state index in [1.165, 1.54) is 37.9 Å². The predicted octanol–water partition coefficient (Wildman–Crippen LogP) is 12.6. The van der Waals surface area contributed by atoms with Gasteiger partial charge in [0.15, 0.2) is 0 Å². The first kappa shape index (κ1) is 26.3. The first-order valence-corrected chi connectivity index (χ1v) is 16.6. The average Bonchev–Trinajstić information content (AvgIpc) is 3.83. The van der Waals surface area contributed by atoms with Gasteiger partial charge in [-0.3, -0.25) is 0 Å². The number of aromatic nitrogens is 1. The molecule has 0 amide bonds. The summed E-state index contributed by atoms with van der Waals surface area (Å²) in [5.74, 6) is 0. The van der Waals surface area contributed by atoms with Crippen molar-refractivity contribution in [2.24, 2.45) is 0 Å². The van der Waals surface area contributed by atoms with E-state index in [9.17, 15) is 0 Å². The molecule has 0 aliphatic heterocycles. The number of fused-ring (bicyclic) bond motifs is 6. The number of hydrogen-bond acceptors (Lipinski definition) is 4. The first-order valence-electron chi connectivity index (χ1n) is 15.8. The topological polar surface area (TPSA) is 29.3 Å². The summed E-state index contributed by atoms with van der Waals surface area (Å²) in [4.78, 5) is 8.83. The summed E-state index contributed by atoms with van der Waals surface area (Å²) in [6.07, 6.45) is 0. The van der Waals surface area contributed by atoms with Crippen molar-refractivity contribution in [3.63, 3.8) is 0 Å². The van der Waals surface area contributed by atoms with Crippen LogP contribution in [0.15, 0.2) is 162 Å². The van der Waals surface area contributed by atoms with E-state index in [2.05, 4.69) is 150 Å². The zero-order chi connectivity index (χ0) is 30.9. The lowest BCUT2D eigenvalue weighted by Gasteiger charge is -2.28. The summed E-state index contributed by atoms with van der Waals surface area (Å²) in [5, 5.41) is 5.72. The molecule has 0 atom stereocenters. The van der Waals surface area contributed by atoms with Crippen LogP contribution in [0.5, 0.6) is 0 Å². The van der Waals surface area contributed by atoms with Crippen LogP contribution in [0.4, 0.5) is 17.1 Å².